The number of benzene rings is 8. The maximum absolute atomic E-state index is 12.1. The Morgan fingerprint density at radius 1 is 0.286 bits per heavy atom. The van der Waals surface area contributed by atoms with Gasteiger partial charge in [-0.1, -0.05) is 121 Å². The van der Waals surface area contributed by atoms with E-state index in [1.807, 2.05) is 158 Å². The number of hydrogen-bond donors (Lipinski definition) is 4. The summed E-state index contributed by atoms with van der Waals surface area (Å²) in [4.78, 5) is 10.1. The van der Waals surface area contributed by atoms with Gasteiger partial charge in [-0.3, -0.25) is 0 Å². The van der Waals surface area contributed by atoms with Crippen molar-refractivity contribution in [2.24, 2.45) is 0 Å². The molecule has 0 saturated carbocycles. The molecular weight excluding hydrogens is 693 g/mol. The highest BCUT2D eigenvalue weighted by molar-refractivity contribution is 6.13. The average Bonchev–Trinajstić information content (AvgIpc) is 3.24. The van der Waals surface area contributed by atoms with Gasteiger partial charge in [0.05, 0.1) is 22.8 Å². The molecule has 0 saturated heterocycles. The van der Waals surface area contributed by atoms with Crippen molar-refractivity contribution in [2.75, 3.05) is 0 Å². The van der Waals surface area contributed by atoms with E-state index in [0.717, 1.165) is 43.1 Å². The van der Waals surface area contributed by atoms with Crippen molar-refractivity contribution in [3.63, 3.8) is 0 Å². The topological polar surface area (TPSA) is 107 Å². The SMILES string of the molecule is Oc1ccc2ccccc2c1-c1c(O)c(-c2cccc(-c3cccc(-c4cc5ccccc5c(-c5c(O)ccc6ccccc56)c4O)n3)n2)cc2ccccc12. The lowest BCUT2D eigenvalue weighted by Gasteiger charge is -2.18. The zero-order chi connectivity index (χ0) is 37.9. The van der Waals surface area contributed by atoms with Crippen molar-refractivity contribution in [1.29, 1.82) is 0 Å². The minimum atomic E-state index is 0.00650. The minimum absolute atomic E-state index is 0.00650. The van der Waals surface area contributed by atoms with Gasteiger partial charge in [0.2, 0.25) is 0 Å². The minimum Gasteiger partial charge on any atom is -0.507 e. The first-order valence-corrected chi connectivity index (χ1v) is 18.3. The monoisotopic (exact) mass is 724 g/mol. The Morgan fingerprint density at radius 3 is 1.04 bits per heavy atom. The molecular formula is C50H32N2O4. The van der Waals surface area contributed by atoms with Crippen molar-refractivity contribution in [2.45, 2.75) is 0 Å². The molecule has 266 valence electrons. The van der Waals surface area contributed by atoms with Crippen LogP contribution in [0.1, 0.15) is 0 Å². The predicted molar refractivity (Wildman–Crippen MR) is 226 cm³/mol. The summed E-state index contributed by atoms with van der Waals surface area (Å²) in [6.45, 7) is 0. The third-order valence-electron chi connectivity index (χ3n) is 10.7. The fraction of sp³-hybridized carbons (Fsp3) is 0. The molecule has 6 heteroatoms. The first kappa shape index (κ1) is 32.9. The van der Waals surface area contributed by atoms with Crippen LogP contribution in [0, 0.1) is 0 Å². The molecule has 0 unspecified atom stereocenters. The predicted octanol–water partition coefficient (Wildman–Crippen LogP) is 12.2. The maximum Gasteiger partial charge on any atom is 0.133 e. The van der Waals surface area contributed by atoms with E-state index in [2.05, 4.69) is 0 Å². The fourth-order valence-corrected chi connectivity index (χ4v) is 8.07. The smallest absolute Gasteiger partial charge is 0.133 e. The van der Waals surface area contributed by atoms with Crippen LogP contribution in [0.3, 0.4) is 0 Å². The number of pyridine rings is 2. The van der Waals surface area contributed by atoms with Gasteiger partial charge in [0, 0.05) is 33.4 Å². The molecule has 10 aromatic rings. The summed E-state index contributed by atoms with van der Waals surface area (Å²) in [7, 11) is 0. The summed E-state index contributed by atoms with van der Waals surface area (Å²) < 4.78 is 0. The number of hydrogen-bond acceptors (Lipinski definition) is 6. The van der Waals surface area contributed by atoms with Crippen LogP contribution in [0.15, 0.2) is 170 Å². The molecule has 2 aromatic heterocycles. The number of phenols is 4. The van der Waals surface area contributed by atoms with Gasteiger partial charge >= 0.3 is 0 Å². The average molecular weight is 725 g/mol. The van der Waals surface area contributed by atoms with E-state index in [9.17, 15) is 20.4 Å². The third-order valence-corrected chi connectivity index (χ3v) is 10.7. The number of aromatic nitrogens is 2. The molecule has 2 heterocycles. The van der Waals surface area contributed by atoms with E-state index in [4.69, 9.17) is 9.97 Å². The Kier molecular flexibility index (Phi) is 7.64. The van der Waals surface area contributed by atoms with Crippen molar-refractivity contribution in [1.82, 2.24) is 9.97 Å². The molecule has 0 aliphatic carbocycles. The van der Waals surface area contributed by atoms with Gasteiger partial charge < -0.3 is 20.4 Å². The molecule has 0 radical (unpaired) electrons. The van der Waals surface area contributed by atoms with Crippen LogP contribution < -0.4 is 0 Å². The summed E-state index contributed by atoms with van der Waals surface area (Å²) in [5.41, 5.74) is 5.37. The standard InChI is InChI=1S/C50H32N2O4/c53-43-25-23-29-11-1-5-15-33(29)45(43)47-35-17-7-3-13-31(35)27-37(49(47)55)39-19-9-21-41(51-39)42-22-10-20-40(52-42)38-28-32-14-4-8-18-36(32)48(50(38)56)46-34-16-6-2-12-30(34)24-26-44(46)54/h1-28,53-56H. The van der Waals surface area contributed by atoms with Gasteiger partial charge in [0.25, 0.3) is 0 Å². The number of rotatable bonds is 5. The summed E-state index contributed by atoms with van der Waals surface area (Å²) in [5.74, 6) is 0.151. The number of fused-ring (bicyclic) bond motifs is 4. The van der Waals surface area contributed by atoms with Gasteiger partial charge in [0.1, 0.15) is 23.0 Å². The first-order chi connectivity index (χ1) is 27.4. The van der Waals surface area contributed by atoms with Crippen LogP contribution >= 0.6 is 0 Å². The maximum atomic E-state index is 12.1. The van der Waals surface area contributed by atoms with Crippen molar-refractivity contribution < 1.29 is 20.4 Å². The summed E-state index contributed by atoms with van der Waals surface area (Å²) in [6.07, 6.45) is 0. The zero-order valence-electron chi connectivity index (χ0n) is 29.8. The van der Waals surface area contributed by atoms with Crippen LogP contribution in [0.25, 0.3) is 99.2 Å². The molecule has 4 N–H and O–H groups in total. The zero-order valence-corrected chi connectivity index (χ0v) is 29.8. The molecule has 0 spiro atoms. The Balaban J connectivity index is 1.13. The van der Waals surface area contributed by atoms with E-state index in [1.165, 1.54) is 0 Å². The van der Waals surface area contributed by atoms with Gasteiger partial charge in [-0.25, -0.2) is 9.97 Å². The Labute approximate surface area is 321 Å². The van der Waals surface area contributed by atoms with Crippen molar-refractivity contribution in [3.05, 3.63) is 170 Å². The van der Waals surface area contributed by atoms with E-state index in [-0.39, 0.29) is 23.0 Å². The second-order valence-corrected chi connectivity index (χ2v) is 13.9. The molecule has 8 aromatic carbocycles. The summed E-state index contributed by atoms with van der Waals surface area (Å²) in [6, 6.07) is 53.3. The van der Waals surface area contributed by atoms with Gasteiger partial charge in [0.15, 0.2) is 0 Å². The highest BCUT2D eigenvalue weighted by atomic mass is 16.3. The number of nitrogens with zero attached hydrogens (tertiary/aromatic N) is 2. The van der Waals surface area contributed by atoms with Gasteiger partial charge in [-0.15, -0.1) is 0 Å². The Morgan fingerprint density at radius 2 is 0.625 bits per heavy atom. The quantitative estimate of drug-likeness (QED) is 0.141. The Hall–Kier alpha value is -7.70. The molecule has 0 atom stereocenters. The number of aromatic hydroxyl groups is 4. The highest BCUT2D eigenvalue weighted by Gasteiger charge is 2.23. The van der Waals surface area contributed by atoms with Crippen molar-refractivity contribution in [3.8, 4) is 79.2 Å². The molecule has 0 bridgehead atoms. The van der Waals surface area contributed by atoms with Crippen LogP contribution in [-0.2, 0) is 0 Å². The van der Waals surface area contributed by atoms with E-state index < -0.39 is 0 Å². The molecule has 0 amide bonds. The molecule has 56 heavy (non-hydrogen) atoms. The lowest BCUT2D eigenvalue weighted by atomic mass is 9.89. The normalized spacial score (nSPS) is 11.5. The van der Waals surface area contributed by atoms with E-state index in [1.54, 1.807) is 12.1 Å². The molecule has 10 rings (SSSR count). The lowest BCUT2D eigenvalue weighted by Crippen LogP contribution is -1.95. The summed E-state index contributed by atoms with van der Waals surface area (Å²) in [5, 5.41) is 53.7. The number of phenolic OH excluding ortho intramolecular Hbond substituents is 4. The second-order valence-electron chi connectivity index (χ2n) is 13.9. The third kappa shape index (κ3) is 5.27. The second kappa shape index (κ2) is 13.0. The highest BCUT2D eigenvalue weighted by Crippen LogP contribution is 2.50. The molecule has 6 nitrogen and oxygen atoms in total. The fourth-order valence-electron chi connectivity index (χ4n) is 8.07. The van der Waals surface area contributed by atoms with E-state index in [0.29, 0.717) is 56.2 Å². The molecule has 0 aliphatic heterocycles. The first-order valence-electron chi connectivity index (χ1n) is 18.3. The van der Waals surface area contributed by atoms with Gasteiger partial charge in [-0.2, -0.15) is 0 Å². The van der Waals surface area contributed by atoms with Crippen LogP contribution in [0.2, 0.25) is 0 Å². The van der Waals surface area contributed by atoms with Crippen LogP contribution in [-0.4, -0.2) is 30.4 Å². The molecule has 0 fully saturated rings. The molecule has 0 aliphatic rings. The largest absolute Gasteiger partial charge is 0.507 e. The summed E-state index contributed by atoms with van der Waals surface area (Å²) >= 11 is 0. The van der Waals surface area contributed by atoms with E-state index >= 15 is 0 Å². The van der Waals surface area contributed by atoms with Crippen LogP contribution in [0.5, 0.6) is 23.0 Å². The lowest BCUT2D eigenvalue weighted by molar-refractivity contribution is 0.471. The van der Waals surface area contributed by atoms with Crippen molar-refractivity contribution >= 4 is 43.1 Å². The Bertz CT molecular complexity index is 2990. The van der Waals surface area contributed by atoms with Crippen LogP contribution in [0.4, 0.5) is 0 Å². The van der Waals surface area contributed by atoms with Gasteiger partial charge in [-0.05, 0) is 91.6 Å².